The first-order chi connectivity index (χ1) is 16.2. The Bertz CT molecular complexity index is 1340. The molecule has 0 spiro atoms. The van der Waals surface area contributed by atoms with E-state index in [2.05, 4.69) is 0 Å². The first-order valence-electron chi connectivity index (χ1n) is 11.0. The molecule has 1 saturated heterocycles. The average molecular weight is 482 g/mol. The first-order valence-corrected chi connectivity index (χ1v) is 12.1. The Kier molecular flexibility index (Phi) is 6.59. The molecule has 176 valence electrons. The summed E-state index contributed by atoms with van der Waals surface area (Å²) in [6, 6.07) is 11.2. The molecule has 2 heterocycles. The normalized spacial score (nSPS) is 14.2. The van der Waals surface area contributed by atoms with Crippen LogP contribution in [0.4, 0.5) is 5.69 Å². The molecule has 1 aliphatic rings. The van der Waals surface area contributed by atoms with Gasteiger partial charge in [-0.1, -0.05) is 10.6 Å². The highest BCUT2D eigenvalue weighted by Gasteiger charge is 2.33. The highest BCUT2D eigenvalue weighted by Crippen LogP contribution is 2.27. The molecule has 1 aromatic heterocycles. The van der Waals surface area contributed by atoms with Crippen molar-refractivity contribution in [2.24, 2.45) is 0 Å². The summed E-state index contributed by atoms with van der Waals surface area (Å²) in [7, 11) is 0.958. The van der Waals surface area contributed by atoms with Crippen LogP contribution in [0.15, 0.2) is 36.4 Å². The summed E-state index contributed by atoms with van der Waals surface area (Å²) in [5.41, 5.74) is 3.36. The number of fused-ring (bicyclic) bond motifs is 2. The summed E-state index contributed by atoms with van der Waals surface area (Å²) >= 11 is 0. The van der Waals surface area contributed by atoms with Crippen molar-refractivity contribution in [3.8, 4) is 0 Å². The summed E-state index contributed by atoms with van der Waals surface area (Å²) in [6.45, 7) is 2.34. The lowest BCUT2D eigenvalue weighted by atomic mass is 10.1. The molecule has 2 amide bonds. The van der Waals surface area contributed by atoms with Crippen molar-refractivity contribution in [2.45, 2.75) is 39.2 Å². The van der Waals surface area contributed by atoms with Gasteiger partial charge in [0.2, 0.25) is 16.3 Å². The Morgan fingerprint density at radius 2 is 1.71 bits per heavy atom. The van der Waals surface area contributed by atoms with Crippen molar-refractivity contribution in [3.05, 3.63) is 42.0 Å². The van der Waals surface area contributed by atoms with Crippen molar-refractivity contribution in [2.75, 3.05) is 19.0 Å². The number of aryl methyl sites for hydroxylation is 2. The number of nitrogens with zero attached hydrogens (tertiary/aromatic N) is 3. The Hall–Kier alpha value is -3.42. The standard InChI is InChI=1S/C24H25N3O6P/c1-15-6-8-17-19(13-15)26(12-4-5-23(30)33-27-21(28)10-11-22(27)29)20-14-16(25(2)3)7-9-18(20)24(17)34(31)32/h6-9,13-14H,4-5,10-12H2,1-3H3/q+1. The van der Waals surface area contributed by atoms with Gasteiger partial charge in [0, 0.05) is 51.2 Å². The van der Waals surface area contributed by atoms with E-state index in [4.69, 9.17) is 4.84 Å². The molecular weight excluding hydrogens is 457 g/mol. The van der Waals surface area contributed by atoms with Gasteiger partial charge in [-0.3, -0.25) is 9.59 Å². The van der Waals surface area contributed by atoms with Crippen LogP contribution in [0, 0.1) is 6.92 Å². The van der Waals surface area contributed by atoms with Crippen LogP contribution in [0.3, 0.4) is 0 Å². The number of rotatable bonds is 7. The second-order valence-corrected chi connectivity index (χ2v) is 9.48. The zero-order valence-corrected chi connectivity index (χ0v) is 20.1. The van der Waals surface area contributed by atoms with E-state index in [1.807, 2.05) is 54.8 Å². The van der Waals surface area contributed by atoms with Crippen LogP contribution in [0.5, 0.6) is 0 Å². The highest BCUT2D eigenvalue weighted by molar-refractivity contribution is 7.47. The molecule has 0 radical (unpaired) electrons. The van der Waals surface area contributed by atoms with Gasteiger partial charge in [-0.15, -0.1) is 5.06 Å². The SMILES string of the molecule is Cc1ccc2c([P+](=O)[O-])c3ccc(N(C)C)cc3[n+](CCCC(=O)ON3C(=O)CCC3=O)c2c1. The minimum atomic E-state index is -2.85. The number of hydrogen-bond donors (Lipinski definition) is 0. The zero-order chi connectivity index (χ0) is 24.6. The molecule has 1 fully saturated rings. The molecule has 2 aromatic carbocycles. The molecule has 10 heteroatoms. The van der Waals surface area contributed by atoms with E-state index in [9.17, 15) is 23.8 Å². The van der Waals surface area contributed by atoms with Gasteiger partial charge in [-0.05, 0) is 30.7 Å². The van der Waals surface area contributed by atoms with Crippen molar-refractivity contribution in [3.63, 3.8) is 0 Å². The maximum absolute atomic E-state index is 12.3. The van der Waals surface area contributed by atoms with E-state index in [-0.39, 0.29) is 24.6 Å². The van der Waals surface area contributed by atoms with Gasteiger partial charge in [0.25, 0.3) is 11.8 Å². The number of anilines is 1. The van der Waals surface area contributed by atoms with Gasteiger partial charge in [0.1, 0.15) is 17.3 Å². The van der Waals surface area contributed by atoms with E-state index < -0.39 is 25.8 Å². The van der Waals surface area contributed by atoms with Gasteiger partial charge in [-0.25, -0.2) is 4.79 Å². The third-order valence-electron chi connectivity index (χ3n) is 5.89. The van der Waals surface area contributed by atoms with Gasteiger partial charge >= 0.3 is 14.0 Å². The summed E-state index contributed by atoms with van der Waals surface area (Å²) in [6.07, 6.45) is 0.445. The number of carbonyl (C=O) groups is 3. The van der Waals surface area contributed by atoms with Crippen molar-refractivity contribution in [1.29, 1.82) is 0 Å². The minimum Gasteiger partial charge on any atom is -0.591 e. The van der Waals surface area contributed by atoms with E-state index >= 15 is 0 Å². The largest absolute Gasteiger partial charge is 0.591 e. The second-order valence-electron chi connectivity index (χ2n) is 8.52. The van der Waals surface area contributed by atoms with Gasteiger partial charge in [0.15, 0.2) is 0 Å². The Morgan fingerprint density at radius 1 is 1.09 bits per heavy atom. The third-order valence-corrected chi connectivity index (χ3v) is 6.73. The fraction of sp³-hybridized carbons (Fsp3) is 0.333. The number of imide groups is 1. The summed E-state index contributed by atoms with van der Waals surface area (Å²) in [4.78, 5) is 54.8. The number of aromatic nitrogens is 1. The lowest BCUT2D eigenvalue weighted by molar-refractivity contribution is -0.645. The lowest BCUT2D eigenvalue weighted by Crippen LogP contribution is -2.38. The van der Waals surface area contributed by atoms with E-state index in [0.717, 1.165) is 22.3 Å². The Morgan fingerprint density at radius 3 is 2.32 bits per heavy atom. The van der Waals surface area contributed by atoms with E-state index in [1.54, 1.807) is 12.1 Å². The smallest absolute Gasteiger partial charge is 0.350 e. The molecule has 9 nitrogen and oxygen atoms in total. The number of amides is 2. The maximum atomic E-state index is 12.3. The van der Waals surface area contributed by atoms with Crippen LogP contribution < -0.4 is 19.7 Å². The topological polar surface area (TPSA) is 111 Å². The van der Waals surface area contributed by atoms with Crippen molar-refractivity contribution >= 4 is 58.6 Å². The number of benzene rings is 2. The van der Waals surface area contributed by atoms with Crippen molar-refractivity contribution in [1.82, 2.24) is 5.06 Å². The number of hydrogen-bond acceptors (Lipinski definition) is 7. The fourth-order valence-electron chi connectivity index (χ4n) is 4.19. The molecule has 3 aromatic rings. The molecule has 1 unspecified atom stereocenters. The number of carbonyl (C=O) groups excluding carboxylic acids is 3. The lowest BCUT2D eigenvalue weighted by Gasteiger charge is -2.14. The molecular formula is C24H25N3O6P+. The first kappa shape index (κ1) is 23.7. The summed E-state index contributed by atoms with van der Waals surface area (Å²) in [5, 5.41) is 2.04. The summed E-state index contributed by atoms with van der Waals surface area (Å²) in [5.74, 6) is -1.69. The maximum Gasteiger partial charge on any atom is 0.350 e. The third kappa shape index (κ3) is 4.49. The molecule has 1 aliphatic heterocycles. The predicted molar refractivity (Wildman–Crippen MR) is 124 cm³/mol. The molecule has 1 atom stereocenters. The van der Waals surface area contributed by atoms with E-state index in [0.29, 0.717) is 28.8 Å². The molecule has 0 bridgehead atoms. The number of pyridine rings is 1. The molecule has 4 rings (SSSR count). The molecule has 0 N–H and O–H groups in total. The van der Waals surface area contributed by atoms with Crippen LogP contribution >= 0.6 is 8.03 Å². The van der Waals surface area contributed by atoms with Gasteiger partial charge in [0.05, 0.1) is 6.42 Å². The van der Waals surface area contributed by atoms with Gasteiger partial charge in [-0.2, -0.15) is 4.57 Å². The predicted octanol–water partition coefficient (Wildman–Crippen LogP) is 1.77. The summed E-state index contributed by atoms with van der Waals surface area (Å²) < 4.78 is 14.3. The molecule has 34 heavy (non-hydrogen) atoms. The van der Waals surface area contributed by atoms with Crippen LogP contribution in [-0.2, 0) is 30.3 Å². The van der Waals surface area contributed by atoms with Crippen molar-refractivity contribution < 1.29 is 33.2 Å². The minimum absolute atomic E-state index is 0.0101. The van der Waals surface area contributed by atoms with Crippen LogP contribution in [0.2, 0.25) is 0 Å². The monoisotopic (exact) mass is 482 g/mol. The molecule has 0 saturated carbocycles. The van der Waals surface area contributed by atoms with Crippen LogP contribution in [0.1, 0.15) is 31.2 Å². The van der Waals surface area contributed by atoms with Gasteiger partial charge < -0.3 is 14.6 Å². The van der Waals surface area contributed by atoms with E-state index in [1.165, 1.54) is 0 Å². The van der Waals surface area contributed by atoms with Crippen LogP contribution in [-0.4, -0.2) is 36.9 Å². The second kappa shape index (κ2) is 9.44. The average Bonchev–Trinajstić information content (AvgIpc) is 3.10. The van der Waals surface area contributed by atoms with Crippen LogP contribution in [0.25, 0.3) is 21.8 Å². The number of hydroxylamine groups is 2. The zero-order valence-electron chi connectivity index (χ0n) is 19.2. The molecule has 0 aliphatic carbocycles. The quantitative estimate of drug-likeness (QED) is 0.218. The highest BCUT2D eigenvalue weighted by atomic mass is 31.1. The fourth-order valence-corrected chi connectivity index (χ4v) is 4.96. The Labute approximate surface area is 197 Å². The Balaban J connectivity index is 1.72.